The van der Waals surface area contributed by atoms with Crippen molar-refractivity contribution < 1.29 is 4.79 Å². The minimum atomic E-state index is 0.0459. The quantitative estimate of drug-likeness (QED) is 0.718. The zero-order valence-electron chi connectivity index (χ0n) is 17.9. The molecule has 6 heteroatoms. The van der Waals surface area contributed by atoms with Crippen molar-refractivity contribution in [3.05, 3.63) is 64.2 Å². The summed E-state index contributed by atoms with van der Waals surface area (Å²) in [6.07, 6.45) is 4.59. The van der Waals surface area contributed by atoms with Crippen LogP contribution in [-0.4, -0.2) is 41.9 Å². The highest BCUT2D eigenvalue weighted by molar-refractivity contribution is 6.03. The van der Waals surface area contributed by atoms with Gasteiger partial charge in [-0.1, -0.05) is 26.0 Å². The largest absolute Gasteiger partial charge is 0.335 e. The average molecular weight is 412 g/mol. The summed E-state index contributed by atoms with van der Waals surface area (Å²) < 4.78 is 0. The second-order valence-corrected chi connectivity index (χ2v) is 9.39. The Hall–Kier alpha value is -3.15. The molecule has 31 heavy (non-hydrogen) atoms. The van der Waals surface area contributed by atoms with Crippen molar-refractivity contribution in [2.75, 3.05) is 13.1 Å². The predicted octanol–water partition coefficient (Wildman–Crippen LogP) is 4.48. The molecule has 6 nitrogen and oxygen atoms in total. The number of carbonyl (C=O) groups is 1. The number of likely N-dealkylation sites (tertiary alicyclic amines) is 1. The van der Waals surface area contributed by atoms with Crippen molar-refractivity contribution in [1.82, 2.24) is 4.90 Å². The third-order valence-corrected chi connectivity index (χ3v) is 7.92. The van der Waals surface area contributed by atoms with E-state index in [-0.39, 0.29) is 17.4 Å². The molecule has 3 heterocycles. The van der Waals surface area contributed by atoms with E-state index in [0.717, 1.165) is 53.9 Å². The molecule has 0 spiro atoms. The molecule has 1 amide bonds. The molecule has 156 valence electrons. The number of hydrogen-bond donors (Lipinski definition) is 0. The number of amides is 1. The second-order valence-electron chi connectivity index (χ2n) is 9.39. The van der Waals surface area contributed by atoms with Crippen LogP contribution in [0, 0.1) is 5.92 Å². The summed E-state index contributed by atoms with van der Waals surface area (Å²) in [7, 11) is 0. The van der Waals surface area contributed by atoms with Gasteiger partial charge in [-0.15, -0.1) is 5.10 Å². The van der Waals surface area contributed by atoms with Crippen LogP contribution in [0.25, 0.3) is 0 Å². The minimum Gasteiger partial charge on any atom is -0.335 e. The van der Waals surface area contributed by atoms with Gasteiger partial charge in [0, 0.05) is 36.3 Å². The lowest BCUT2D eigenvalue weighted by molar-refractivity contribution is 0.0250. The third-order valence-electron chi connectivity index (χ3n) is 7.92. The summed E-state index contributed by atoms with van der Waals surface area (Å²) in [6, 6.07) is 12.8. The van der Waals surface area contributed by atoms with Crippen LogP contribution in [0.2, 0.25) is 0 Å². The molecule has 1 fully saturated rings. The molecule has 2 aromatic rings. The minimum absolute atomic E-state index is 0.0459. The van der Waals surface area contributed by atoms with Gasteiger partial charge in [-0.2, -0.15) is 5.11 Å². The molecule has 1 aliphatic carbocycles. The molecule has 2 bridgehead atoms. The third kappa shape index (κ3) is 2.74. The zero-order chi connectivity index (χ0) is 21.2. The Morgan fingerprint density at radius 3 is 2.90 bits per heavy atom. The number of rotatable bonds is 2. The van der Waals surface area contributed by atoms with Gasteiger partial charge in [-0.05, 0) is 70.4 Å². The summed E-state index contributed by atoms with van der Waals surface area (Å²) in [4.78, 5) is 20.0. The van der Waals surface area contributed by atoms with Gasteiger partial charge in [0.2, 0.25) is 0 Å². The van der Waals surface area contributed by atoms with Gasteiger partial charge in [0.1, 0.15) is 6.54 Å². The van der Waals surface area contributed by atoms with Gasteiger partial charge in [0.25, 0.3) is 5.91 Å². The van der Waals surface area contributed by atoms with E-state index < -0.39 is 0 Å². The van der Waals surface area contributed by atoms with Gasteiger partial charge in [-0.3, -0.25) is 9.79 Å². The number of aliphatic imine (C=N–C) groups is 1. The normalized spacial score (nSPS) is 27.8. The van der Waals surface area contributed by atoms with Crippen molar-refractivity contribution in [2.24, 2.45) is 26.3 Å². The number of carbonyl (C=O) groups excluding carboxylic acids is 1. The Balaban J connectivity index is 1.33. The molecule has 0 radical (unpaired) electrons. The number of benzene rings is 2. The van der Waals surface area contributed by atoms with Gasteiger partial charge in [0.05, 0.1) is 11.4 Å². The fourth-order valence-electron chi connectivity index (χ4n) is 5.83. The second kappa shape index (κ2) is 6.67. The lowest BCUT2D eigenvalue weighted by Crippen LogP contribution is -2.59. The van der Waals surface area contributed by atoms with Crippen molar-refractivity contribution >= 4 is 23.5 Å². The maximum absolute atomic E-state index is 13.5. The summed E-state index contributed by atoms with van der Waals surface area (Å²) in [5.41, 5.74) is 7.79. The monoisotopic (exact) mass is 411 g/mol. The number of piperidine rings is 1. The SMILES string of the molecule is C[C@@H]1[C@H]2Cc3ccc(C4=NN=NC4)cc3[C@]1(C)CCN2C(=O)c1ccc2c(c1)CC=N2. The maximum atomic E-state index is 13.5. The topological polar surface area (TPSA) is 69.8 Å². The molecular weight excluding hydrogens is 386 g/mol. The molecular formula is C25H25N5O. The molecule has 3 atom stereocenters. The highest BCUT2D eigenvalue weighted by Crippen LogP contribution is 2.49. The summed E-state index contributed by atoms with van der Waals surface area (Å²) in [5, 5.41) is 12.0. The molecule has 2 aromatic carbocycles. The van der Waals surface area contributed by atoms with E-state index in [1.807, 2.05) is 24.4 Å². The van der Waals surface area contributed by atoms with Crippen LogP contribution in [0.15, 0.2) is 56.8 Å². The van der Waals surface area contributed by atoms with Crippen LogP contribution < -0.4 is 0 Å². The Morgan fingerprint density at radius 2 is 2.06 bits per heavy atom. The van der Waals surface area contributed by atoms with E-state index in [1.54, 1.807) is 0 Å². The lowest BCUT2D eigenvalue weighted by atomic mass is 9.58. The van der Waals surface area contributed by atoms with Crippen LogP contribution >= 0.6 is 0 Å². The summed E-state index contributed by atoms with van der Waals surface area (Å²) >= 11 is 0. The Morgan fingerprint density at radius 1 is 1.16 bits per heavy atom. The first-order valence-corrected chi connectivity index (χ1v) is 11.1. The van der Waals surface area contributed by atoms with E-state index in [9.17, 15) is 4.79 Å². The molecule has 4 aliphatic rings. The van der Waals surface area contributed by atoms with Crippen molar-refractivity contribution in [2.45, 2.75) is 44.6 Å². The van der Waals surface area contributed by atoms with Crippen LogP contribution in [0.4, 0.5) is 5.69 Å². The van der Waals surface area contributed by atoms with Crippen LogP contribution in [0.3, 0.4) is 0 Å². The zero-order valence-corrected chi connectivity index (χ0v) is 17.9. The molecule has 0 aromatic heterocycles. The molecule has 0 unspecified atom stereocenters. The fraction of sp³-hybridized carbons (Fsp3) is 0.400. The standard InChI is InChI=1S/C25H25N5O/c1-15-23-13-16-3-4-17(22-14-27-29-28-22)12-20(16)25(15,2)8-10-30(23)24(31)19-5-6-21-18(11-19)7-9-26-21/h3-6,9,11-12,15,23H,7-8,10,13-14H2,1-2H3/t15-,23-,25-/m1/s1. The van der Waals surface area contributed by atoms with Crippen LogP contribution in [0.1, 0.15) is 52.9 Å². The predicted molar refractivity (Wildman–Crippen MR) is 121 cm³/mol. The molecule has 6 rings (SSSR count). The number of hydrogen-bond acceptors (Lipinski definition) is 5. The van der Waals surface area contributed by atoms with Crippen molar-refractivity contribution in [3.63, 3.8) is 0 Å². The summed E-state index contributed by atoms with van der Waals surface area (Å²) in [5.74, 6) is 0.530. The molecule has 1 saturated heterocycles. The van der Waals surface area contributed by atoms with Crippen molar-refractivity contribution in [3.8, 4) is 0 Å². The molecule has 3 aliphatic heterocycles. The van der Waals surface area contributed by atoms with E-state index in [4.69, 9.17) is 0 Å². The smallest absolute Gasteiger partial charge is 0.254 e. The highest BCUT2D eigenvalue weighted by atomic mass is 16.2. The fourth-order valence-corrected chi connectivity index (χ4v) is 5.83. The van der Waals surface area contributed by atoms with E-state index in [1.165, 1.54) is 11.1 Å². The van der Waals surface area contributed by atoms with E-state index in [0.29, 0.717) is 12.5 Å². The van der Waals surface area contributed by atoms with E-state index in [2.05, 4.69) is 57.4 Å². The molecule has 0 N–H and O–H groups in total. The summed E-state index contributed by atoms with van der Waals surface area (Å²) in [6.45, 7) is 6.02. The first-order chi connectivity index (χ1) is 15.0. The van der Waals surface area contributed by atoms with Gasteiger partial charge in [-0.25, -0.2) is 0 Å². The Bertz CT molecular complexity index is 1200. The first-order valence-electron chi connectivity index (χ1n) is 11.1. The maximum Gasteiger partial charge on any atom is 0.254 e. The van der Waals surface area contributed by atoms with Gasteiger partial charge < -0.3 is 4.90 Å². The average Bonchev–Trinajstić information content (AvgIpc) is 3.47. The lowest BCUT2D eigenvalue weighted by Gasteiger charge is -2.54. The highest BCUT2D eigenvalue weighted by Gasteiger charge is 2.49. The number of nitrogens with zero attached hydrogens (tertiary/aromatic N) is 5. The Kier molecular flexibility index (Phi) is 4.01. The van der Waals surface area contributed by atoms with Crippen LogP contribution in [0.5, 0.6) is 0 Å². The van der Waals surface area contributed by atoms with Crippen LogP contribution in [-0.2, 0) is 18.3 Å². The van der Waals surface area contributed by atoms with Gasteiger partial charge in [0.15, 0.2) is 0 Å². The molecule has 0 saturated carbocycles. The first kappa shape index (κ1) is 18.6. The number of fused-ring (bicyclic) bond motifs is 5. The van der Waals surface area contributed by atoms with E-state index >= 15 is 0 Å². The van der Waals surface area contributed by atoms with Crippen molar-refractivity contribution in [1.29, 1.82) is 0 Å². The van der Waals surface area contributed by atoms with Gasteiger partial charge >= 0.3 is 0 Å². The Labute approximate surface area is 181 Å².